The summed E-state index contributed by atoms with van der Waals surface area (Å²) in [7, 11) is -4.02. The third-order valence-electron chi connectivity index (χ3n) is 3.34. The number of benzene rings is 1. The van der Waals surface area contributed by atoms with Gasteiger partial charge in [-0.1, -0.05) is 18.2 Å². The van der Waals surface area contributed by atoms with Crippen LogP contribution in [-0.4, -0.2) is 18.0 Å². The third kappa shape index (κ3) is 2.68. The van der Waals surface area contributed by atoms with Crippen LogP contribution in [0.15, 0.2) is 53.7 Å². The van der Waals surface area contributed by atoms with Crippen LogP contribution in [0, 0.1) is 0 Å². The van der Waals surface area contributed by atoms with E-state index in [1.165, 1.54) is 36.5 Å². The van der Waals surface area contributed by atoms with Crippen molar-refractivity contribution in [1.82, 2.24) is 9.55 Å². The fourth-order valence-corrected chi connectivity index (χ4v) is 3.17. The smallest absolute Gasteiger partial charge is 0.242 e. The van der Waals surface area contributed by atoms with Gasteiger partial charge in [-0.05, 0) is 23.8 Å². The molecule has 1 aromatic carbocycles. The van der Waals surface area contributed by atoms with Crippen molar-refractivity contribution in [3.8, 4) is 11.1 Å². The first-order chi connectivity index (χ1) is 10.7. The molecule has 3 aromatic rings. The summed E-state index contributed by atoms with van der Waals surface area (Å²) >= 11 is 0. The van der Waals surface area contributed by atoms with Gasteiger partial charge >= 0.3 is 6.30 Å². The molecule has 2 N–H and O–H groups in total. The maximum Gasteiger partial charge on any atom is 0.490 e. The molecule has 0 saturated carbocycles. The number of primary sulfonamides is 1. The number of nitrogens with two attached hydrogens (primary N) is 1. The summed E-state index contributed by atoms with van der Waals surface area (Å²) in [6, 6.07) is 8.55. The first kappa shape index (κ1) is 15.5. The van der Waals surface area contributed by atoms with E-state index < -0.39 is 16.3 Å². The van der Waals surface area contributed by atoms with Crippen LogP contribution in [0.25, 0.3) is 22.2 Å². The normalized spacial score (nSPS) is 12.7. The molecule has 0 atom stereocenters. The van der Waals surface area contributed by atoms with Gasteiger partial charge in [-0.2, -0.15) is 0 Å². The van der Waals surface area contributed by atoms with E-state index in [1.54, 1.807) is 6.07 Å². The summed E-state index contributed by atoms with van der Waals surface area (Å²) in [6.45, 7) is 0. The van der Waals surface area contributed by atoms with E-state index in [1.807, 2.05) is 0 Å². The summed E-state index contributed by atoms with van der Waals surface area (Å²) < 4.78 is 62.4. The van der Waals surface area contributed by atoms with Gasteiger partial charge in [-0.15, -0.1) is 13.2 Å². The molecule has 0 bridgehead atoms. The standard InChI is InChI=1S/C14H10F3N3O2S/c15-14(16,17)20-8-6-11-9(5-7-19-13(11)20)10-3-1-2-4-12(10)23(18,21)22/h1-8H,(H2,18,21,22). The summed E-state index contributed by atoms with van der Waals surface area (Å²) in [5.74, 6) is 0. The molecule has 23 heavy (non-hydrogen) atoms. The highest BCUT2D eigenvalue weighted by Crippen LogP contribution is 2.35. The first-order valence-electron chi connectivity index (χ1n) is 6.35. The number of aromatic nitrogens is 2. The Balaban J connectivity index is 2.34. The molecule has 0 fully saturated rings. The summed E-state index contributed by atoms with van der Waals surface area (Å²) in [4.78, 5) is 3.59. The average Bonchev–Trinajstić information content (AvgIpc) is 2.90. The Labute approximate surface area is 129 Å². The van der Waals surface area contributed by atoms with Crippen LogP contribution in [0.5, 0.6) is 0 Å². The Morgan fingerprint density at radius 2 is 1.74 bits per heavy atom. The number of fused-ring (bicyclic) bond motifs is 1. The van der Waals surface area contributed by atoms with Gasteiger partial charge in [-0.25, -0.2) is 23.1 Å². The van der Waals surface area contributed by atoms with Crippen molar-refractivity contribution < 1.29 is 21.6 Å². The molecule has 0 aliphatic heterocycles. The zero-order chi connectivity index (χ0) is 16.8. The van der Waals surface area contributed by atoms with Crippen molar-refractivity contribution in [3.05, 3.63) is 48.8 Å². The molecule has 0 spiro atoms. The maximum absolute atomic E-state index is 13.0. The lowest BCUT2D eigenvalue weighted by Gasteiger charge is -2.11. The minimum atomic E-state index is -4.62. The highest BCUT2D eigenvalue weighted by atomic mass is 32.2. The Morgan fingerprint density at radius 3 is 2.39 bits per heavy atom. The van der Waals surface area contributed by atoms with E-state index in [0.29, 0.717) is 5.56 Å². The van der Waals surface area contributed by atoms with Crippen molar-refractivity contribution in [3.63, 3.8) is 0 Å². The Kier molecular flexibility index (Phi) is 3.42. The number of sulfonamides is 1. The quantitative estimate of drug-likeness (QED) is 0.778. The minimum Gasteiger partial charge on any atom is -0.242 e. The third-order valence-corrected chi connectivity index (χ3v) is 4.31. The molecule has 0 amide bonds. The van der Waals surface area contributed by atoms with Crippen molar-refractivity contribution >= 4 is 21.1 Å². The predicted octanol–water partition coefficient (Wildman–Crippen LogP) is 2.83. The minimum absolute atomic E-state index is 0.0748. The van der Waals surface area contributed by atoms with Crippen LogP contribution in [-0.2, 0) is 16.3 Å². The lowest BCUT2D eigenvalue weighted by Crippen LogP contribution is -2.15. The van der Waals surface area contributed by atoms with Gasteiger partial charge in [0.15, 0.2) is 0 Å². The van der Waals surface area contributed by atoms with E-state index in [2.05, 4.69) is 4.98 Å². The Bertz CT molecular complexity index is 994. The Hall–Kier alpha value is -2.39. The second-order valence-corrected chi connectivity index (χ2v) is 6.32. The van der Waals surface area contributed by atoms with Crippen LogP contribution in [0.2, 0.25) is 0 Å². The zero-order valence-electron chi connectivity index (χ0n) is 11.4. The van der Waals surface area contributed by atoms with Crippen molar-refractivity contribution in [2.45, 2.75) is 11.2 Å². The average molecular weight is 341 g/mol. The predicted molar refractivity (Wildman–Crippen MR) is 77.8 cm³/mol. The number of alkyl halides is 3. The molecule has 120 valence electrons. The summed E-state index contributed by atoms with van der Waals surface area (Å²) in [5, 5.41) is 5.37. The van der Waals surface area contributed by atoms with E-state index in [0.717, 1.165) is 6.20 Å². The summed E-state index contributed by atoms with van der Waals surface area (Å²) in [5.41, 5.74) is 0.226. The van der Waals surface area contributed by atoms with Gasteiger partial charge in [0.05, 0.1) is 4.90 Å². The van der Waals surface area contributed by atoms with Crippen molar-refractivity contribution in [2.75, 3.05) is 0 Å². The van der Waals surface area contributed by atoms with Gasteiger partial charge in [0, 0.05) is 23.3 Å². The summed E-state index contributed by atoms with van der Waals surface area (Å²) in [6.07, 6.45) is -2.58. The van der Waals surface area contributed by atoms with E-state index >= 15 is 0 Å². The van der Waals surface area contributed by atoms with E-state index in [-0.39, 0.29) is 26.1 Å². The SMILES string of the molecule is NS(=O)(=O)c1ccccc1-c1ccnc2c1ccn2C(F)(F)F. The largest absolute Gasteiger partial charge is 0.490 e. The molecule has 3 rings (SSSR count). The number of hydrogen-bond donors (Lipinski definition) is 1. The first-order valence-corrected chi connectivity index (χ1v) is 7.90. The number of rotatable bonds is 2. The van der Waals surface area contributed by atoms with Crippen LogP contribution in [0.1, 0.15) is 0 Å². The number of nitrogens with zero attached hydrogens (tertiary/aromatic N) is 2. The fraction of sp³-hybridized carbons (Fsp3) is 0.0714. The highest BCUT2D eigenvalue weighted by Gasteiger charge is 2.32. The molecule has 2 aromatic heterocycles. The van der Waals surface area contributed by atoms with Crippen LogP contribution in [0.3, 0.4) is 0 Å². The molecular weight excluding hydrogens is 331 g/mol. The van der Waals surface area contributed by atoms with E-state index in [9.17, 15) is 21.6 Å². The zero-order valence-corrected chi connectivity index (χ0v) is 12.3. The van der Waals surface area contributed by atoms with Crippen LogP contribution in [0.4, 0.5) is 13.2 Å². The molecule has 0 aliphatic rings. The number of pyridine rings is 1. The number of halogens is 3. The van der Waals surface area contributed by atoms with Gasteiger partial charge in [0.1, 0.15) is 5.65 Å². The van der Waals surface area contributed by atoms with Gasteiger partial charge in [0.2, 0.25) is 10.0 Å². The second kappa shape index (κ2) is 5.07. The van der Waals surface area contributed by atoms with Crippen molar-refractivity contribution in [1.29, 1.82) is 0 Å². The van der Waals surface area contributed by atoms with E-state index in [4.69, 9.17) is 5.14 Å². The lowest BCUT2D eigenvalue weighted by atomic mass is 10.0. The molecule has 9 heteroatoms. The molecule has 0 saturated heterocycles. The molecule has 0 unspecified atom stereocenters. The second-order valence-electron chi connectivity index (χ2n) is 4.79. The number of hydrogen-bond acceptors (Lipinski definition) is 3. The van der Waals surface area contributed by atoms with Gasteiger partial charge in [-0.3, -0.25) is 0 Å². The van der Waals surface area contributed by atoms with Gasteiger partial charge in [0.25, 0.3) is 0 Å². The van der Waals surface area contributed by atoms with Crippen molar-refractivity contribution in [2.24, 2.45) is 5.14 Å². The topological polar surface area (TPSA) is 78.0 Å². The molecular formula is C14H10F3N3O2S. The molecule has 5 nitrogen and oxygen atoms in total. The molecule has 0 radical (unpaired) electrons. The fourth-order valence-electron chi connectivity index (χ4n) is 2.41. The van der Waals surface area contributed by atoms with Gasteiger partial charge < -0.3 is 0 Å². The highest BCUT2D eigenvalue weighted by molar-refractivity contribution is 7.89. The maximum atomic E-state index is 13.0. The molecule has 2 heterocycles. The molecule has 0 aliphatic carbocycles. The Morgan fingerprint density at radius 1 is 1.04 bits per heavy atom. The van der Waals surface area contributed by atoms with Crippen LogP contribution >= 0.6 is 0 Å². The monoisotopic (exact) mass is 341 g/mol. The lowest BCUT2D eigenvalue weighted by molar-refractivity contribution is -0.201. The van der Waals surface area contributed by atoms with Crippen LogP contribution < -0.4 is 5.14 Å².